The van der Waals surface area contributed by atoms with Crippen LogP contribution in [0.2, 0.25) is 25.7 Å². The van der Waals surface area contributed by atoms with Crippen molar-refractivity contribution >= 4 is 8.07 Å². The first kappa shape index (κ1) is 31.3. The Morgan fingerprint density at radius 3 is 1.97 bits per heavy atom. The van der Waals surface area contributed by atoms with E-state index in [1.54, 1.807) is 31.4 Å². The van der Waals surface area contributed by atoms with E-state index in [-0.39, 0.29) is 6.61 Å². The van der Waals surface area contributed by atoms with Gasteiger partial charge in [-0.2, -0.15) is 0 Å². The number of rotatable bonds is 12. The summed E-state index contributed by atoms with van der Waals surface area (Å²) in [6.07, 6.45) is -13.4. The number of aliphatic hydroxyl groups is 6. The molecule has 0 amide bonds. The second-order valence-corrected chi connectivity index (χ2v) is 16.4. The van der Waals surface area contributed by atoms with Crippen LogP contribution in [0.25, 0.3) is 0 Å². The normalized spacial score (nSPS) is 36.3. The summed E-state index contributed by atoms with van der Waals surface area (Å²) in [6.45, 7) is 5.68. The van der Waals surface area contributed by atoms with Crippen molar-refractivity contribution in [3.63, 3.8) is 0 Å². The van der Waals surface area contributed by atoms with Crippen LogP contribution in [0.5, 0.6) is 5.75 Å². The van der Waals surface area contributed by atoms with E-state index in [1.165, 1.54) is 0 Å². The van der Waals surface area contributed by atoms with Crippen molar-refractivity contribution in [3.8, 4) is 5.75 Å². The molecular formula is C25H42O12Si. The Morgan fingerprint density at radius 2 is 1.39 bits per heavy atom. The number of hydrogen-bond donors (Lipinski definition) is 6. The fraction of sp³-hybridized carbons (Fsp3) is 0.760. The zero-order valence-corrected chi connectivity index (χ0v) is 23.3. The van der Waals surface area contributed by atoms with Gasteiger partial charge in [0.05, 0.1) is 26.9 Å². The molecule has 2 fully saturated rings. The maximum atomic E-state index is 11.0. The molecule has 10 atom stereocenters. The quantitative estimate of drug-likeness (QED) is 0.175. The average Bonchev–Trinajstić information content (AvgIpc) is 2.88. The van der Waals surface area contributed by atoms with Crippen LogP contribution in [-0.2, 0) is 30.3 Å². The largest absolute Gasteiger partial charge is 0.497 e. The number of hydrogen-bond acceptors (Lipinski definition) is 12. The summed E-state index contributed by atoms with van der Waals surface area (Å²) in [4.78, 5) is 0. The Balaban J connectivity index is 1.67. The summed E-state index contributed by atoms with van der Waals surface area (Å²) in [5, 5.41) is 62.7. The van der Waals surface area contributed by atoms with E-state index in [2.05, 4.69) is 19.6 Å². The number of ether oxygens (including phenoxy) is 6. The molecule has 218 valence electrons. The molecule has 13 heteroatoms. The first-order valence-electron chi connectivity index (χ1n) is 12.8. The molecular weight excluding hydrogens is 520 g/mol. The molecule has 0 aromatic heterocycles. The van der Waals surface area contributed by atoms with Crippen LogP contribution in [0.15, 0.2) is 24.3 Å². The van der Waals surface area contributed by atoms with Crippen LogP contribution in [-0.4, -0.2) is 127 Å². The van der Waals surface area contributed by atoms with Crippen LogP contribution >= 0.6 is 0 Å². The minimum absolute atomic E-state index is 0.0250. The third-order valence-electron chi connectivity index (χ3n) is 6.67. The van der Waals surface area contributed by atoms with Crippen molar-refractivity contribution in [1.82, 2.24) is 0 Å². The van der Waals surface area contributed by atoms with Gasteiger partial charge in [0.2, 0.25) is 0 Å². The fourth-order valence-corrected chi connectivity index (χ4v) is 5.00. The second kappa shape index (κ2) is 13.9. The lowest BCUT2D eigenvalue weighted by Crippen LogP contribution is -2.65. The van der Waals surface area contributed by atoms with E-state index in [4.69, 9.17) is 28.4 Å². The fourth-order valence-electron chi connectivity index (χ4n) is 4.27. The highest BCUT2D eigenvalue weighted by Gasteiger charge is 2.51. The van der Waals surface area contributed by atoms with Crippen LogP contribution in [0.4, 0.5) is 0 Å². The summed E-state index contributed by atoms with van der Waals surface area (Å²) < 4.78 is 33.6. The van der Waals surface area contributed by atoms with Gasteiger partial charge in [-0.3, -0.25) is 0 Å². The molecule has 38 heavy (non-hydrogen) atoms. The lowest BCUT2D eigenvalue weighted by molar-refractivity contribution is -0.361. The minimum atomic E-state index is -1.55. The summed E-state index contributed by atoms with van der Waals surface area (Å²) >= 11 is 0. The SMILES string of the molecule is COc1ccc(CO[C@H]2[C@@H](O)[C@@H](CO)O[C@@H](O[C@H]3[C@H](O)[C@@H](O)[C@H](OCC[Si](C)(C)C)O[C@@H]3CO)[C@@H]2O)cc1. The topological polar surface area (TPSA) is 177 Å². The lowest BCUT2D eigenvalue weighted by Gasteiger charge is -2.46. The average molecular weight is 563 g/mol. The Morgan fingerprint density at radius 1 is 0.763 bits per heavy atom. The highest BCUT2D eigenvalue weighted by atomic mass is 28.3. The first-order chi connectivity index (χ1) is 18.0. The highest BCUT2D eigenvalue weighted by molar-refractivity contribution is 6.76. The Bertz CT molecular complexity index is 835. The molecule has 2 aliphatic heterocycles. The van der Waals surface area contributed by atoms with E-state index < -0.39 is 82.7 Å². The molecule has 0 bridgehead atoms. The lowest BCUT2D eigenvalue weighted by atomic mass is 9.96. The van der Waals surface area contributed by atoms with Gasteiger partial charge in [0.15, 0.2) is 12.6 Å². The van der Waals surface area contributed by atoms with Crippen molar-refractivity contribution in [2.45, 2.75) is 93.7 Å². The van der Waals surface area contributed by atoms with Gasteiger partial charge >= 0.3 is 0 Å². The van der Waals surface area contributed by atoms with Gasteiger partial charge in [0.25, 0.3) is 0 Å². The summed E-state index contributed by atoms with van der Waals surface area (Å²) in [6, 6.07) is 7.82. The molecule has 0 aliphatic carbocycles. The van der Waals surface area contributed by atoms with Gasteiger partial charge in [0.1, 0.15) is 54.6 Å². The van der Waals surface area contributed by atoms with E-state index in [1.807, 2.05) is 0 Å². The van der Waals surface area contributed by atoms with Crippen LogP contribution in [0.3, 0.4) is 0 Å². The molecule has 0 unspecified atom stereocenters. The van der Waals surface area contributed by atoms with Crippen molar-refractivity contribution in [1.29, 1.82) is 0 Å². The van der Waals surface area contributed by atoms with Gasteiger partial charge in [-0.1, -0.05) is 31.8 Å². The molecule has 2 heterocycles. The Hall–Kier alpha value is -1.20. The smallest absolute Gasteiger partial charge is 0.187 e. The molecule has 2 saturated heterocycles. The summed E-state index contributed by atoms with van der Waals surface area (Å²) in [7, 11) is 0.134. The monoisotopic (exact) mass is 562 g/mol. The highest BCUT2D eigenvalue weighted by Crippen LogP contribution is 2.31. The molecule has 1 aromatic carbocycles. The van der Waals surface area contributed by atoms with Crippen LogP contribution < -0.4 is 4.74 Å². The first-order valence-corrected chi connectivity index (χ1v) is 16.5. The molecule has 0 radical (unpaired) electrons. The predicted molar refractivity (Wildman–Crippen MR) is 136 cm³/mol. The molecule has 3 rings (SSSR count). The van der Waals surface area contributed by atoms with Gasteiger partial charge < -0.3 is 59.1 Å². The number of methoxy groups -OCH3 is 1. The molecule has 0 saturated carbocycles. The van der Waals surface area contributed by atoms with Crippen molar-refractivity contribution in [2.24, 2.45) is 0 Å². The third kappa shape index (κ3) is 7.93. The Kier molecular flexibility index (Phi) is 11.5. The third-order valence-corrected chi connectivity index (χ3v) is 8.37. The maximum Gasteiger partial charge on any atom is 0.187 e. The van der Waals surface area contributed by atoms with Gasteiger partial charge in [-0.25, -0.2) is 0 Å². The Labute approximate surface area is 223 Å². The second-order valence-electron chi connectivity index (χ2n) is 10.8. The van der Waals surface area contributed by atoms with E-state index >= 15 is 0 Å². The van der Waals surface area contributed by atoms with E-state index in [9.17, 15) is 30.6 Å². The van der Waals surface area contributed by atoms with Gasteiger partial charge in [-0.05, 0) is 23.7 Å². The van der Waals surface area contributed by atoms with Crippen molar-refractivity contribution < 1.29 is 59.1 Å². The van der Waals surface area contributed by atoms with Crippen LogP contribution in [0, 0.1) is 0 Å². The zero-order chi connectivity index (χ0) is 28.0. The zero-order valence-electron chi connectivity index (χ0n) is 22.3. The van der Waals surface area contributed by atoms with E-state index in [0.29, 0.717) is 12.4 Å². The standard InChI is InChI=1S/C25H42O12Si/c1-32-15-7-5-14(6-8-15)13-34-23-18(28)16(11-26)35-25(21(23)31)37-22-17(12-27)36-24(20(30)19(22)29)33-9-10-38(2,3)4/h5-8,16-31H,9-13H2,1-4H3/t16-,17-,18+,19-,20-,21-,22-,23+,24-,25+/m1/s1. The van der Waals surface area contributed by atoms with Crippen molar-refractivity contribution in [2.75, 3.05) is 26.9 Å². The van der Waals surface area contributed by atoms with Crippen LogP contribution in [0.1, 0.15) is 5.56 Å². The van der Waals surface area contributed by atoms with Gasteiger partial charge in [-0.15, -0.1) is 0 Å². The number of aliphatic hydroxyl groups excluding tert-OH is 6. The maximum absolute atomic E-state index is 11.0. The summed E-state index contributed by atoms with van der Waals surface area (Å²) in [5.74, 6) is 0.659. The van der Waals surface area contributed by atoms with Gasteiger partial charge in [0, 0.05) is 14.7 Å². The van der Waals surface area contributed by atoms with Crippen molar-refractivity contribution in [3.05, 3.63) is 29.8 Å². The molecule has 2 aliphatic rings. The molecule has 6 N–H and O–H groups in total. The number of benzene rings is 1. The minimum Gasteiger partial charge on any atom is -0.497 e. The summed E-state index contributed by atoms with van der Waals surface area (Å²) in [5.41, 5.74) is 0.745. The predicted octanol–water partition coefficient (Wildman–Crippen LogP) is -0.802. The molecule has 12 nitrogen and oxygen atoms in total. The molecule has 0 spiro atoms. The van der Waals surface area contributed by atoms with E-state index in [0.717, 1.165) is 11.6 Å². The molecule has 1 aromatic rings.